The van der Waals surface area contributed by atoms with Crippen LogP contribution in [0.2, 0.25) is 5.02 Å². The van der Waals surface area contributed by atoms with Crippen LogP contribution in [0, 0.1) is 5.82 Å². The molecule has 2 rings (SSSR count). The molecule has 0 aromatic heterocycles. The molecule has 2 N–H and O–H groups in total. The lowest BCUT2D eigenvalue weighted by molar-refractivity contribution is -0.132. The molecule has 0 saturated heterocycles. The Bertz CT molecular complexity index is 440. The van der Waals surface area contributed by atoms with E-state index < -0.39 is 11.4 Å². The molecule has 1 aliphatic rings. The van der Waals surface area contributed by atoms with Gasteiger partial charge in [0.2, 0.25) is 5.91 Å². The van der Waals surface area contributed by atoms with Crippen LogP contribution in [-0.4, -0.2) is 23.4 Å². The van der Waals surface area contributed by atoms with E-state index >= 15 is 0 Å². The van der Waals surface area contributed by atoms with Crippen LogP contribution in [0.5, 0.6) is 0 Å². The number of halogens is 2. The first kappa shape index (κ1) is 12.3. The van der Waals surface area contributed by atoms with E-state index in [0.29, 0.717) is 23.4 Å². The quantitative estimate of drug-likeness (QED) is 0.898. The Morgan fingerprint density at radius 2 is 2.24 bits per heavy atom. The highest BCUT2D eigenvalue weighted by Crippen LogP contribution is 2.34. The lowest BCUT2D eigenvalue weighted by Gasteiger charge is -2.21. The molecule has 0 unspecified atom stereocenters. The molecule has 3 nitrogen and oxygen atoms in total. The lowest BCUT2D eigenvalue weighted by Crippen LogP contribution is -2.43. The van der Waals surface area contributed by atoms with Gasteiger partial charge in [-0.25, -0.2) is 4.39 Å². The number of carbonyl (C=O) groups excluding carboxylic acids is 1. The first-order valence-electron chi connectivity index (χ1n) is 5.41. The Hall–Kier alpha value is -1.13. The topological polar surface area (TPSA) is 46.3 Å². The molecule has 1 aromatic carbocycles. The first-order chi connectivity index (χ1) is 7.94. The normalized spacial score (nSPS) is 16.7. The molecule has 1 fully saturated rings. The van der Waals surface area contributed by atoms with Gasteiger partial charge in [-0.05, 0) is 25.0 Å². The second kappa shape index (κ2) is 4.27. The maximum atomic E-state index is 13.5. The summed E-state index contributed by atoms with van der Waals surface area (Å²) in [6.45, 7) is 0.142. The number of rotatable bonds is 3. The Labute approximate surface area is 104 Å². The van der Waals surface area contributed by atoms with Crippen LogP contribution < -0.4 is 5.73 Å². The number of nitrogens with zero attached hydrogens (tertiary/aromatic N) is 1. The number of nitrogens with two attached hydrogens (primary N) is 1. The van der Waals surface area contributed by atoms with Crippen LogP contribution in [0.25, 0.3) is 0 Å². The molecule has 0 radical (unpaired) electrons. The number of likely N-dealkylation sites (N-methyl/N-ethyl adjacent to an activating group) is 1. The van der Waals surface area contributed by atoms with Crippen LogP contribution in [-0.2, 0) is 11.3 Å². The SMILES string of the molecule is CN(Cc1c(F)cccc1Cl)C(=O)C1(N)CC1. The van der Waals surface area contributed by atoms with Gasteiger partial charge in [0.05, 0.1) is 5.54 Å². The Balaban J connectivity index is 2.13. The van der Waals surface area contributed by atoms with Gasteiger partial charge in [-0.15, -0.1) is 0 Å². The van der Waals surface area contributed by atoms with Gasteiger partial charge in [0.15, 0.2) is 0 Å². The molecule has 1 saturated carbocycles. The number of benzene rings is 1. The van der Waals surface area contributed by atoms with Gasteiger partial charge in [-0.2, -0.15) is 0 Å². The van der Waals surface area contributed by atoms with Crippen molar-refractivity contribution in [1.82, 2.24) is 4.90 Å². The molecule has 1 amide bonds. The fourth-order valence-corrected chi connectivity index (χ4v) is 1.94. The standard InChI is InChI=1S/C12H14ClFN2O/c1-16(11(17)12(15)5-6-12)7-8-9(13)3-2-4-10(8)14/h2-4H,5-7,15H2,1H3. The molecule has 1 aromatic rings. The summed E-state index contributed by atoms with van der Waals surface area (Å²) in [7, 11) is 1.61. The molecule has 0 heterocycles. The van der Waals surface area contributed by atoms with Gasteiger partial charge < -0.3 is 10.6 Å². The van der Waals surface area contributed by atoms with Gasteiger partial charge in [0, 0.05) is 24.2 Å². The van der Waals surface area contributed by atoms with E-state index in [9.17, 15) is 9.18 Å². The van der Waals surface area contributed by atoms with E-state index in [1.165, 1.54) is 17.0 Å². The molecule has 0 spiro atoms. The van der Waals surface area contributed by atoms with Crippen LogP contribution >= 0.6 is 11.6 Å². The summed E-state index contributed by atoms with van der Waals surface area (Å²) in [4.78, 5) is 13.3. The number of amides is 1. The van der Waals surface area contributed by atoms with E-state index in [2.05, 4.69) is 0 Å². The predicted octanol–water partition coefficient (Wildman–Crippen LogP) is 1.93. The summed E-state index contributed by atoms with van der Waals surface area (Å²) < 4.78 is 13.5. The zero-order valence-corrected chi connectivity index (χ0v) is 10.3. The zero-order chi connectivity index (χ0) is 12.6. The van der Waals surface area contributed by atoms with E-state index in [-0.39, 0.29) is 12.5 Å². The van der Waals surface area contributed by atoms with Crippen molar-refractivity contribution in [3.63, 3.8) is 0 Å². The zero-order valence-electron chi connectivity index (χ0n) is 9.54. The van der Waals surface area contributed by atoms with Crippen molar-refractivity contribution in [1.29, 1.82) is 0 Å². The Kier molecular flexibility index (Phi) is 3.10. The van der Waals surface area contributed by atoms with Crippen molar-refractivity contribution < 1.29 is 9.18 Å². The van der Waals surface area contributed by atoms with E-state index in [1.807, 2.05) is 0 Å². The molecule has 1 aliphatic carbocycles. The molecule has 0 atom stereocenters. The van der Waals surface area contributed by atoms with Crippen molar-refractivity contribution in [2.24, 2.45) is 5.73 Å². The third-order valence-corrected chi connectivity index (χ3v) is 3.37. The number of hydrogen-bond acceptors (Lipinski definition) is 2. The monoisotopic (exact) mass is 256 g/mol. The minimum Gasteiger partial charge on any atom is -0.340 e. The van der Waals surface area contributed by atoms with Crippen molar-refractivity contribution >= 4 is 17.5 Å². The van der Waals surface area contributed by atoms with Crippen LogP contribution in [0.15, 0.2) is 18.2 Å². The van der Waals surface area contributed by atoms with E-state index in [4.69, 9.17) is 17.3 Å². The molecular weight excluding hydrogens is 243 g/mol. The predicted molar refractivity (Wildman–Crippen MR) is 64.0 cm³/mol. The maximum absolute atomic E-state index is 13.5. The van der Waals surface area contributed by atoms with Crippen LogP contribution in [0.4, 0.5) is 4.39 Å². The van der Waals surface area contributed by atoms with Gasteiger partial charge in [-0.3, -0.25) is 4.79 Å². The number of hydrogen-bond donors (Lipinski definition) is 1. The summed E-state index contributed by atoms with van der Waals surface area (Å²) in [5.74, 6) is -0.559. The van der Waals surface area contributed by atoms with Crippen molar-refractivity contribution in [3.05, 3.63) is 34.6 Å². The second-order valence-electron chi connectivity index (χ2n) is 4.52. The fourth-order valence-electron chi connectivity index (χ4n) is 1.72. The average Bonchev–Trinajstić information content (AvgIpc) is 3.02. The molecular formula is C12H14ClFN2O. The minimum absolute atomic E-state index is 0.142. The minimum atomic E-state index is -0.730. The third-order valence-electron chi connectivity index (χ3n) is 3.02. The first-order valence-corrected chi connectivity index (χ1v) is 5.79. The largest absolute Gasteiger partial charge is 0.340 e. The highest BCUT2D eigenvalue weighted by atomic mass is 35.5. The van der Waals surface area contributed by atoms with Crippen molar-refractivity contribution in [3.8, 4) is 0 Å². The van der Waals surface area contributed by atoms with Crippen LogP contribution in [0.3, 0.4) is 0 Å². The summed E-state index contributed by atoms with van der Waals surface area (Å²) in [6.07, 6.45) is 1.39. The van der Waals surface area contributed by atoms with E-state index in [0.717, 1.165) is 0 Å². The smallest absolute Gasteiger partial charge is 0.242 e. The second-order valence-corrected chi connectivity index (χ2v) is 4.92. The van der Waals surface area contributed by atoms with Gasteiger partial charge in [-0.1, -0.05) is 17.7 Å². The fraction of sp³-hybridized carbons (Fsp3) is 0.417. The molecule has 5 heteroatoms. The molecule has 92 valence electrons. The van der Waals surface area contributed by atoms with E-state index in [1.54, 1.807) is 13.1 Å². The summed E-state index contributed by atoms with van der Waals surface area (Å²) in [5.41, 5.74) is 5.40. The molecule has 0 bridgehead atoms. The van der Waals surface area contributed by atoms with Crippen LogP contribution in [0.1, 0.15) is 18.4 Å². The third kappa shape index (κ3) is 2.42. The Morgan fingerprint density at radius 3 is 2.76 bits per heavy atom. The van der Waals surface area contributed by atoms with Gasteiger partial charge >= 0.3 is 0 Å². The Morgan fingerprint density at radius 1 is 1.59 bits per heavy atom. The van der Waals surface area contributed by atoms with Gasteiger partial charge in [0.25, 0.3) is 0 Å². The lowest BCUT2D eigenvalue weighted by atomic mass is 10.1. The molecule has 17 heavy (non-hydrogen) atoms. The maximum Gasteiger partial charge on any atom is 0.242 e. The summed E-state index contributed by atoms with van der Waals surface area (Å²) >= 11 is 5.90. The van der Waals surface area contributed by atoms with Crippen molar-refractivity contribution in [2.45, 2.75) is 24.9 Å². The van der Waals surface area contributed by atoms with Gasteiger partial charge in [0.1, 0.15) is 5.82 Å². The summed E-state index contributed by atoms with van der Waals surface area (Å²) in [6, 6.07) is 4.47. The summed E-state index contributed by atoms with van der Waals surface area (Å²) in [5, 5.41) is 0.325. The highest BCUT2D eigenvalue weighted by molar-refractivity contribution is 6.31. The molecule has 0 aliphatic heterocycles. The number of carbonyl (C=O) groups is 1. The van der Waals surface area contributed by atoms with Crippen molar-refractivity contribution in [2.75, 3.05) is 7.05 Å². The average molecular weight is 257 g/mol. The highest BCUT2D eigenvalue weighted by Gasteiger charge is 2.47.